The number of amidine groups is 1. The van der Waals surface area contributed by atoms with Crippen LogP contribution in [0.2, 0.25) is 0 Å². The number of piperazine rings is 1. The Bertz CT molecular complexity index is 1740. The number of amides is 3. The number of aliphatic imine (C=N–C) groups is 1. The van der Waals surface area contributed by atoms with Crippen LogP contribution in [-0.4, -0.2) is 84.7 Å². The zero-order valence-corrected chi connectivity index (χ0v) is 29.7. The molecule has 1 aliphatic carbocycles. The highest BCUT2D eigenvalue weighted by Crippen LogP contribution is 2.56. The first kappa shape index (κ1) is 32.8. The Morgan fingerprint density at radius 3 is 2.46 bits per heavy atom. The van der Waals surface area contributed by atoms with E-state index < -0.39 is 17.6 Å². The van der Waals surface area contributed by atoms with Gasteiger partial charge < -0.3 is 19.6 Å². The summed E-state index contributed by atoms with van der Waals surface area (Å²) < 4.78 is 15.2. The zero-order chi connectivity index (χ0) is 34.3. The van der Waals surface area contributed by atoms with Crippen LogP contribution >= 0.6 is 11.8 Å². The number of benzene rings is 1. The molecule has 5 heterocycles. The normalized spacial score (nSPS) is 29.2. The topological polar surface area (TPSA) is 89.4 Å². The number of thioether (sulfide) groups is 1. The van der Waals surface area contributed by atoms with Gasteiger partial charge in [0.05, 0.1) is 11.6 Å². The molecule has 2 saturated heterocycles. The maximum absolute atomic E-state index is 15.2. The first-order valence-electron chi connectivity index (χ1n) is 17.1. The maximum atomic E-state index is 15.2. The highest BCUT2D eigenvalue weighted by molar-refractivity contribution is 8.18. The van der Waals surface area contributed by atoms with E-state index >= 15 is 4.39 Å². The van der Waals surface area contributed by atoms with Crippen LogP contribution in [0.25, 0.3) is 0 Å². The second-order valence-electron chi connectivity index (χ2n) is 14.9. The van der Waals surface area contributed by atoms with Gasteiger partial charge in [0.15, 0.2) is 5.17 Å². The third-order valence-corrected chi connectivity index (χ3v) is 12.3. The van der Waals surface area contributed by atoms with Crippen molar-refractivity contribution in [2.45, 2.75) is 109 Å². The summed E-state index contributed by atoms with van der Waals surface area (Å²) >= 11 is 1.36. The van der Waals surface area contributed by atoms with Crippen LogP contribution in [0.5, 0.6) is 0 Å². The van der Waals surface area contributed by atoms with E-state index in [1.165, 1.54) is 11.8 Å². The molecule has 3 amide bonds. The van der Waals surface area contributed by atoms with Gasteiger partial charge in [0.2, 0.25) is 12.3 Å². The van der Waals surface area contributed by atoms with E-state index in [0.29, 0.717) is 35.1 Å². The standard InChI is InChI=1S/C37H45FN6O3S/c1-21(2)30-31(34(47)43-24(5)10-13-29(43)33(46)42-19-37(14-15-37)41(20-45)18-25(42)6)48-35-40-36(7,27-12-9-23(4)39-17-27)32(44(30)35)26-11-8-22(3)28(38)16-26/h8-9,11-12,16-17,20-21,24-25,29,32H,10,13-15,18-19H2,1-7H3/t24-,25+,29+,32-,36+/m1/s1. The van der Waals surface area contributed by atoms with Crippen LogP contribution in [0.15, 0.2) is 52.1 Å². The number of likely N-dealkylation sites (tertiary alicyclic amines) is 1. The summed E-state index contributed by atoms with van der Waals surface area (Å²) in [6, 6.07) is 8.12. The third-order valence-electron chi connectivity index (χ3n) is 11.3. The molecule has 0 unspecified atom stereocenters. The number of nitrogens with zero attached hydrogens (tertiary/aromatic N) is 6. The number of aryl methyl sites for hydroxylation is 2. The number of hydrogen-bond acceptors (Lipinski definition) is 7. The molecule has 254 valence electrons. The van der Waals surface area contributed by atoms with E-state index in [4.69, 9.17) is 4.99 Å². The Labute approximate surface area is 286 Å². The fourth-order valence-electron chi connectivity index (χ4n) is 8.24. The Kier molecular flexibility index (Phi) is 8.00. The van der Waals surface area contributed by atoms with Crippen molar-refractivity contribution in [1.29, 1.82) is 0 Å². The molecule has 0 N–H and O–H groups in total. The van der Waals surface area contributed by atoms with Crippen LogP contribution in [0, 0.1) is 25.6 Å². The number of pyridine rings is 1. The van der Waals surface area contributed by atoms with Crippen LogP contribution in [0.3, 0.4) is 0 Å². The molecule has 1 saturated carbocycles. The Balaban J connectivity index is 1.26. The molecule has 1 aromatic heterocycles. The Morgan fingerprint density at radius 2 is 1.83 bits per heavy atom. The summed E-state index contributed by atoms with van der Waals surface area (Å²) in [5.41, 5.74) is 2.93. The molecule has 3 fully saturated rings. The Hall–Kier alpha value is -3.73. The highest BCUT2D eigenvalue weighted by atomic mass is 32.2. The number of hydrogen-bond donors (Lipinski definition) is 0. The van der Waals surface area contributed by atoms with Gasteiger partial charge in [0, 0.05) is 48.3 Å². The van der Waals surface area contributed by atoms with Crippen molar-refractivity contribution in [3.8, 4) is 0 Å². The fraction of sp³-hybridized carbons (Fsp3) is 0.541. The zero-order valence-electron chi connectivity index (χ0n) is 28.9. The van der Waals surface area contributed by atoms with Crippen molar-refractivity contribution in [3.63, 3.8) is 0 Å². The van der Waals surface area contributed by atoms with Crippen LogP contribution in [0.1, 0.15) is 88.7 Å². The van der Waals surface area contributed by atoms with Gasteiger partial charge in [-0.25, -0.2) is 9.38 Å². The summed E-state index contributed by atoms with van der Waals surface area (Å²) in [7, 11) is 0. The summed E-state index contributed by atoms with van der Waals surface area (Å²) in [6.07, 6.45) is 5.90. The van der Waals surface area contributed by atoms with Gasteiger partial charge in [-0.3, -0.25) is 19.4 Å². The number of aromatic nitrogens is 1. The molecule has 1 spiro atoms. The van der Waals surface area contributed by atoms with Crippen molar-refractivity contribution in [2.75, 3.05) is 13.1 Å². The summed E-state index contributed by atoms with van der Waals surface area (Å²) in [6.45, 7) is 14.9. The second-order valence-corrected chi connectivity index (χ2v) is 15.9. The lowest BCUT2D eigenvalue weighted by Crippen LogP contribution is -2.63. The largest absolute Gasteiger partial charge is 0.336 e. The average Bonchev–Trinajstić information content (AvgIpc) is 3.42. The summed E-state index contributed by atoms with van der Waals surface area (Å²) in [5.74, 6) is -0.528. The minimum absolute atomic E-state index is 0.0305. The first-order chi connectivity index (χ1) is 22.8. The number of halogens is 1. The van der Waals surface area contributed by atoms with Gasteiger partial charge in [0.25, 0.3) is 5.91 Å². The number of fused-ring (bicyclic) bond motifs is 1. The average molecular weight is 673 g/mol. The number of rotatable bonds is 6. The molecule has 9 nitrogen and oxygen atoms in total. The molecule has 0 bridgehead atoms. The second kappa shape index (κ2) is 11.7. The highest BCUT2D eigenvalue weighted by Gasteiger charge is 2.57. The molecule has 2 aromatic rings. The van der Waals surface area contributed by atoms with E-state index in [0.717, 1.165) is 48.2 Å². The minimum Gasteiger partial charge on any atom is -0.336 e. The molecule has 7 rings (SSSR count). The first-order valence-corrected chi connectivity index (χ1v) is 18.0. The minimum atomic E-state index is -0.794. The van der Waals surface area contributed by atoms with Crippen molar-refractivity contribution in [1.82, 2.24) is 24.6 Å². The van der Waals surface area contributed by atoms with Gasteiger partial charge in [-0.05, 0) is 101 Å². The van der Waals surface area contributed by atoms with Gasteiger partial charge in [-0.1, -0.05) is 32.0 Å². The Morgan fingerprint density at radius 1 is 1.08 bits per heavy atom. The van der Waals surface area contributed by atoms with E-state index in [1.54, 1.807) is 24.0 Å². The van der Waals surface area contributed by atoms with Gasteiger partial charge in [-0.2, -0.15) is 0 Å². The summed E-state index contributed by atoms with van der Waals surface area (Å²) in [5, 5.41) is 0.695. The predicted octanol–water partition coefficient (Wildman–Crippen LogP) is 5.68. The van der Waals surface area contributed by atoms with E-state index in [9.17, 15) is 14.4 Å². The third kappa shape index (κ3) is 5.06. The SMILES string of the molecule is Cc1ccc([C@]2(C)N=C3SC(C(=O)N4[C@H](C)CC[C@H]4C(=O)N4CC5(CC5)N(C=O)C[C@@H]4C)=C(C(C)C)N3[C@@H]2c2ccc(C)c(F)c2)cn1. The maximum Gasteiger partial charge on any atom is 0.263 e. The smallest absolute Gasteiger partial charge is 0.263 e. The number of carbonyl (C=O) groups is 3. The molecule has 1 aromatic carbocycles. The van der Waals surface area contributed by atoms with E-state index in [1.807, 2.05) is 55.0 Å². The number of allylic oxidation sites excluding steroid dienone is 1. The monoisotopic (exact) mass is 672 g/mol. The van der Waals surface area contributed by atoms with Crippen molar-refractivity contribution < 1.29 is 18.8 Å². The molecule has 4 aliphatic heterocycles. The molecule has 5 atom stereocenters. The number of carbonyl (C=O) groups excluding carboxylic acids is 3. The molecule has 11 heteroatoms. The van der Waals surface area contributed by atoms with Crippen LogP contribution in [-0.2, 0) is 19.9 Å². The molecular weight excluding hydrogens is 628 g/mol. The van der Waals surface area contributed by atoms with Gasteiger partial charge in [-0.15, -0.1) is 0 Å². The lowest BCUT2D eigenvalue weighted by molar-refractivity contribution is -0.149. The van der Waals surface area contributed by atoms with Crippen LogP contribution in [0.4, 0.5) is 4.39 Å². The van der Waals surface area contributed by atoms with Crippen molar-refractivity contribution in [2.24, 2.45) is 10.9 Å². The quantitative estimate of drug-likeness (QED) is 0.367. The van der Waals surface area contributed by atoms with Crippen LogP contribution < -0.4 is 0 Å². The molecule has 48 heavy (non-hydrogen) atoms. The molecule has 5 aliphatic rings. The summed E-state index contributed by atoms with van der Waals surface area (Å²) in [4.78, 5) is 59.1. The van der Waals surface area contributed by atoms with Crippen molar-refractivity contribution >= 4 is 35.2 Å². The van der Waals surface area contributed by atoms with Crippen molar-refractivity contribution in [3.05, 3.63) is 75.3 Å². The van der Waals surface area contributed by atoms with E-state index in [-0.39, 0.29) is 41.2 Å². The lowest BCUT2D eigenvalue weighted by Gasteiger charge is -2.46. The molecule has 0 radical (unpaired) electrons. The predicted molar refractivity (Wildman–Crippen MR) is 184 cm³/mol. The molecular formula is C37H45FN6O3S. The van der Waals surface area contributed by atoms with Gasteiger partial charge in [0.1, 0.15) is 22.3 Å². The fourth-order valence-corrected chi connectivity index (χ4v) is 9.59. The van der Waals surface area contributed by atoms with Gasteiger partial charge >= 0.3 is 0 Å². The lowest BCUT2D eigenvalue weighted by atomic mass is 9.81. The van der Waals surface area contributed by atoms with E-state index in [2.05, 4.69) is 30.7 Å².